The number of hydrogen-bond acceptors (Lipinski definition) is 5. The third-order valence-electron chi connectivity index (χ3n) is 3.13. The highest BCUT2D eigenvalue weighted by atomic mass is 35.5. The predicted octanol–water partition coefficient (Wildman–Crippen LogP) is 2.79. The molecule has 0 bridgehead atoms. The first-order valence-corrected chi connectivity index (χ1v) is 7.10. The zero-order valence-electron chi connectivity index (χ0n) is 12.6. The van der Waals surface area contributed by atoms with Crippen molar-refractivity contribution >= 4 is 28.9 Å². The summed E-state index contributed by atoms with van der Waals surface area (Å²) in [4.78, 5) is 22.5. The minimum Gasteiger partial charge on any atom is -0.496 e. The zero-order chi connectivity index (χ0) is 17.0. The van der Waals surface area contributed by atoms with Crippen molar-refractivity contribution in [3.8, 4) is 5.75 Å². The van der Waals surface area contributed by atoms with E-state index in [0.717, 1.165) is 0 Å². The first kappa shape index (κ1) is 16.8. The largest absolute Gasteiger partial charge is 0.496 e. The number of rotatable bonds is 6. The van der Waals surface area contributed by atoms with Gasteiger partial charge in [-0.25, -0.2) is 0 Å². The molecule has 0 aliphatic rings. The highest BCUT2D eigenvalue weighted by Gasteiger charge is 2.17. The molecule has 1 amide bonds. The minimum atomic E-state index is -0.575. The average molecular weight is 339 g/mol. The Morgan fingerprint density at radius 3 is 2.83 bits per heavy atom. The lowest BCUT2D eigenvalue weighted by Gasteiger charge is -2.07. The molecule has 1 N–H and O–H groups in total. The summed E-state index contributed by atoms with van der Waals surface area (Å²) in [5.41, 5.74) is 0.573. The number of hydrogen-bond donors (Lipinski definition) is 1. The summed E-state index contributed by atoms with van der Waals surface area (Å²) in [6.07, 6.45) is 1.74. The van der Waals surface area contributed by atoms with Gasteiger partial charge in [-0.05, 0) is 19.1 Å². The van der Waals surface area contributed by atoms with E-state index in [2.05, 4.69) is 10.4 Å². The molecule has 1 heterocycles. The summed E-state index contributed by atoms with van der Waals surface area (Å²) in [6, 6.07) is 4.23. The molecule has 2 rings (SSSR count). The topological polar surface area (TPSA) is 99.3 Å². The number of carbonyl (C=O) groups is 1. The Morgan fingerprint density at radius 2 is 2.26 bits per heavy atom. The van der Waals surface area contributed by atoms with Gasteiger partial charge in [0.2, 0.25) is 5.91 Å². The normalized spacial score (nSPS) is 10.4. The Labute approximate surface area is 137 Å². The van der Waals surface area contributed by atoms with Crippen LogP contribution in [0.5, 0.6) is 5.75 Å². The second kappa shape index (κ2) is 7.10. The molecule has 0 unspecified atom stereocenters. The maximum absolute atomic E-state index is 12.0. The number of amides is 1. The molecule has 0 radical (unpaired) electrons. The molecule has 122 valence electrons. The molecule has 0 aliphatic carbocycles. The molecule has 0 saturated heterocycles. The molecule has 0 spiro atoms. The Bertz CT molecular complexity index is 725. The summed E-state index contributed by atoms with van der Waals surface area (Å²) >= 11 is 5.89. The van der Waals surface area contributed by atoms with Gasteiger partial charge in [-0.3, -0.25) is 19.6 Å². The van der Waals surface area contributed by atoms with E-state index in [-0.39, 0.29) is 23.7 Å². The van der Waals surface area contributed by atoms with Crippen LogP contribution in [-0.2, 0) is 11.3 Å². The summed E-state index contributed by atoms with van der Waals surface area (Å²) in [6.45, 7) is 2.09. The number of aromatic nitrogens is 2. The fourth-order valence-corrected chi connectivity index (χ4v) is 2.08. The van der Waals surface area contributed by atoms with Gasteiger partial charge in [-0.15, -0.1) is 0 Å². The number of methoxy groups -OCH3 is 1. The van der Waals surface area contributed by atoms with Gasteiger partial charge in [0.1, 0.15) is 11.4 Å². The second-order valence-electron chi connectivity index (χ2n) is 4.76. The molecular formula is C14H15ClN4O4. The van der Waals surface area contributed by atoms with E-state index < -0.39 is 4.92 Å². The Morgan fingerprint density at radius 1 is 1.52 bits per heavy atom. The van der Waals surface area contributed by atoms with E-state index in [0.29, 0.717) is 23.0 Å². The minimum absolute atomic E-state index is 0.112. The van der Waals surface area contributed by atoms with Crippen LogP contribution >= 0.6 is 11.6 Å². The standard InChI is InChI=1S/C14H15ClN4O4/c1-9-11(15)8-18(17-9)6-5-14(20)16-12-4-3-10(23-2)7-13(12)19(21)22/h3-4,7-8H,5-6H2,1-2H3,(H,16,20). The van der Waals surface area contributed by atoms with Crippen molar-refractivity contribution in [2.75, 3.05) is 12.4 Å². The molecule has 2 aromatic rings. The van der Waals surface area contributed by atoms with Gasteiger partial charge >= 0.3 is 0 Å². The second-order valence-corrected chi connectivity index (χ2v) is 5.17. The SMILES string of the molecule is COc1ccc(NC(=O)CCn2cc(Cl)c(C)n2)c([N+](=O)[O-])c1. The van der Waals surface area contributed by atoms with E-state index >= 15 is 0 Å². The smallest absolute Gasteiger partial charge is 0.296 e. The van der Waals surface area contributed by atoms with Crippen LogP contribution in [0, 0.1) is 17.0 Å². The van der Waals surface area contributed by atoms with Gasteiger partial charge in [0.05, 0.1) is 28.8 Å². The van der Waals surface area contributed by atoms with E-state index in [9.17, 15) is 14.9 Å². The molecule has 1 aromatic heterocycles. The number of nitro benzene ring substituents is 1. The van der Waals surface area contributed by atoms with Crippen LogP contribution in [-0.4, -0.2) is 27.7 Å². The van der Waals surface area contributed by atoms with E-state index in [4.69, 9.17) is 16.3 Å². The van der Waals surface area contributed by atoms with Crippen molar-refractivity contribution in [1.29, 1.82) is 0 Å². The lowest BCUT2D eigenvalue weighted by atomic mass is 10.2. The molecule has 0 saturated carbocycles. The summed E-state index contributed by atoms with van der Waals surface area (Å²) in [5.74, 6) is -0.0149. The fourth-order valence-electron chi connectivity index (χ4n) is 1.93. The quantitative estimate of drug-likeness (QED) is 0.645. The van der Waals surface area contributed by atoms with Crippen LogP contribution in [0.3, 0.4) is 0 Å². The Kier molecular flexibility index (Phi) is 5.17. The fraction of sp³-hybridized carbons (Fsp3) is 0.286. The van der Waals surface area contributed by atoms with Gasteiger partial charge in [0.25, 0.3) is 5.69 Å². The van der Waals surface area contributed by atoms with Crippen molar-refractivity contribution in [3.63, 3.8) is 0 Å². The first-order chi connectivity index (χ1) is 10.9. The molecule has 23 heavy (non-hydrogen) atoms. The molecular weight excluding hydrogens is 324 g/mol. The van der Waals surface area contributed by atoms with Gasteiger partial charge in [0.15, 0.2) is 0 Å². The van der Waals surface area contributed by atoms with Crippen molar-refractivity contribution in [2.24, 2.45) is 0 Å². The summed E-state index contributed by atoms with van der Waals surface area (Å²) < 4.78 is 6.50. The van der Waals surface area contributed by atoms with Crippen molar-refractivity contribution in [3.05, 3.63) is 45.2 Å². The number of nitro groups is 1. The number of ether oxygens (including phenoxy) is 1. The molecule has 9 heteroatoms. The molecule has 0 aliphatic heterocycles. The highest BCUT2D eigenvalue weighted by Crippen LogP contribution is 2.29. The number of halogens is 1. The molecule has 8 nitrogen and oxygen atoms in total. The van der Waals surface area contributed by atoms with Crippen molar-refractivity contribution in [2.45, 2.75) is 19.9 Å². The third-order valence-corrected chi connectivity index (χ3v) is 3.50. The monoisotopic (exact) mass is 338 g/mol. The maximum atomic E-state index is 12.0. The van der Waals surface area contributed by atoms with E-state index in [1.54, 1.807) is 23.9 Å². The van der Waals surface area contributed by atoms with Crippen molar-refractivity contribution in [1.82, 2.24) is 9.78 Å². The van der Waals surface area contributed by atoms with Crippen LogP contribution < -0.4 is 10.1 Å². The van der Waals surface area contributed by atoms with Crippen LogP contribution in [0.25, 0.3) is 0 Å². The van der Waals surface area contributed by atoms with Crippen LogP contribution in [0.4, 0.5) is 11.4 Å². The predicted molar refractivity (Wildman–Crippen MR) is 84.9 cm³/mol. The average Bonchev–Trinajstić information content (AvgIpc) is 2.84. The van der Waals surface area contributed by atoms with E-state index in [1.807, 2.05) is 0 Å². The van der Waals surface area contributed by atoms with Crippen LogP contribution in [0.1, 0.15) is 12.1 Å². The lowest BCUT2D eigenvalue weighted by molar-refractivity contribution is -0.384. The number of benzene rings is 1. The summed E-state index contributed by atoms with van der Waals surface area (Å²) in [5, 5.41) is 18.2. The first-order valence-electron chi connectivity index (χ1n) is 6.72. The Hall–Kier alpha value is -2.61. The number of carbonyl (C=O) groups excluding carboxylic acids is 1. The number of anilines is 1. The third kappa shape index (κ3) is 4.19. The van der Waals surface area contributed by atoms with Gasteiger partial charge < -0.3 is 10.1 Å². The highest BCUT2D eigenvalue weighted by molar-refractivity contribution is 6.31. The van der Waals surface area contributed by atoms with Crippen LogP contribution in [0.15, 0.2) is 24.4 Å². The zero-order valence-corrected chi connectivity index (χ0v) is 13.3. The maximum Gasteiger partial charge on any atom is 0.296 e. The van der Waals surface area contributed by atoms with Gasteiger partial charge in [0, 0.05) is 19.2 Å². The van der Waals surface area contributed by atoms with Crippen LogP contribution in [0.2, 0.25) is 5.02 Å². The lowest BCUT2D eigenvalue weighted by Crippen LogP contribution is -2.15. The number of nitrogens with one attached hydrogen (secondary N) is 1. The molecule has 0 atom stereocenters. The number of nitrogens with zero attached hydrogens (tertiary/aromatic N) is 3. The van der Waals surface area contributed by atoms with Gasteiger partial charge in [-0.2, -0.15) is 5.10 Å². The van der Waals surface area contributed by atoms with E-state index in [1.165, 1.54) is 19.2 Å². The Balaban J connectivity index is 2.03. The van der Waals surface area contributed by atoms with Crippen molar-refractivity contribution < 1.29 is 14.5 Å². The summed E-state index contributed by atoms with van der Waals surface area (Å²) in [7, 11) is 1.41. The number of aryl methyl sites for hydroxylation is 2. The van der Waals surface area contributed by atoms with Gasteiger partial charge in [-0.1, -0.05) is 11.6 Å². The molecule has 1 aromatic carbocycles. The molecule has 0 fully saturated rings.